The Kier molecular flexibility index (Phi) is 5.06. The molecule has 0 saturated carbocycles. The minimum atomic E-state index is -0.549. The third kappa shape index (κ3) is 3.89. The maximum atomic E-state index is 12.2. The Hall–Kier alpha value is -4.23. The number of benzene rings is 2. The molecule has 0 saturated heterocycles. The third-order valence-electron chi connectivity index (χ3n) is 3.86. The van der Waals surface area contributed by atoms with Crippen LogP contribution in [0.5, 0.6) is 0 Å². The molecule has 0 fully saturated rings. The van der Waals surface area contributed by atoms with Gasteiger partial charge in [0.1, 0.15) is 11.6 Å². The minimum absolute atomic E-state index is 0.0618. The maximum Gasteiger partial charge on any atom is 0.270 e. The lowest BCUT2D eigenvalue weighted by Gasteiger charge is -2.06. The molecule has 130 valence electrons. The topological polar surface area (TPSA) is 118 Å². The fourth-order valence-corrected chi connectivity index (χ4v) is 2.45. The fourth-order valence-electron chi connectivity index (χ4n) is 2.45. The number of nitrogens with one attached hydrogen (secondary N) is 2. The van der Waals surface area contributed by atoms with E-state index in [-0.39, 0.29) is 17.2 Å². The van der Waals surface area contributed by atoms with Crippen LogP contribution in [0, 0.1) is 29.6 Å². The average molecular weight is 354 g/mol. The van der Waals surface area contributed by atoms with Crippen LogP contribution in [-0.2, 0) is 0 Å². The van der Waals surface area contributed by atoms with E-state index in [0.717, 1.165) is 11.1 Å². The Bertz CT molecular complexity index is 1150. The summed E-state index contributed by atoms with van der Waals surface area (Å²) in [6, 6.07) is 18.2. The minimum Gasteiger partial charge on any atom is -0.290 e. The van der Waals surface area contributed by atoms with Gasteiger partial charge in [-0.25, -0.2) is 10.4 Å². The Labute approximate surface area is 155 Å². The molecule has 3 rings (SSSR count). The second-order valence-electron chi connectivity index (χ2n) is 5.67. The number of aryl methyl sites for hydroxylation is 1. The number of hydrazone groups is 1. The molecule has 0 amide bonds. The average Bonchev–Trinajstić information content (AvgIpc) is 2.69. The Morgan fingerprint density at radius 3 is 2.63 bits per heavy atom. The lowest BCUT2D eigenvalue weighted by atomic mass is 10.1. The van der Waals surface area contributed by atoms with Gasteiger partial charge in [0.05, 0.1) is 23.5 Å². The van der Waals surface area contributed by atoms with Gasteiger partial charge in [-0.05, 0) is 30.2 Å². The molecular formula is C20H14N6O. The smallest absolute Gasteiger partial charge is 0.270 e. The van der Waals surface area contributed by atoms with Crippen molar-refractivity contribution in [3.8, 4) is 23.4 Å². The molecule has 0 atom stereocenters. The van der Waals surface area contributed by atoms with E-state index in [1.807, 2.05) is 25.1 Å². The molecule has 1 heterocycles. The summed E-state index contributed by atoms with van der Waals surface area (Å²) >= 11 is 0. The third-order valence-corrected chi connectivity index (χ3v) is 3.86. The monoisotopic (exact) mass is 354 g/mol. The van der Waals surface area contributed by atoms with Gasteiger partial charge in [0.15, 0.2) is 0 Å². The first kappa shape index (κ1) is 17.6. The highest BCUT2D eigenvalue weighted by Gasteiger charge is 2.12. The van der Waals surface area contributed by atoms with Gasteiger partial charge < -0.3 is 0 Å². The molecule has 0 aliphatic carbocycles. The summed E-state index contributed by atoms with van der Waals surface area (Å²) in [7, 11) is 0. The summed E-state index contributed by atoms with van der Waals surface area (Å²) in [6.07, 6.45) is 1.54. The molecule has 1 aromatic heterocycles. The van der Waals surface area contributed by atoms with Crippen molar-refractivity contribution in [3.63, 3.8) is 0 Å². The van der Waals surface area contributed by atoms with Crippen molar-refractivity contribution in [1.82, 2.24) is 9.97 Å². The molecule has 2 N–H and O–H groups in total. The van der Waals surface area contributed by atoms with E-state index in [1.165, 1.54) is 6.21 Å². The van der Waals surface area contributed by atoms with Gasteiger partial charge in [0.25, 0.3) is 5.56 Å². The predicted octanol–water partition coefficient (Wildman–Crippen LogP) is 2.93. The van der Waals surface area contributed by atoms with E-state index >= 15 is 0 Å². The number of aromatic nitrogens is 2. The molecule has 27 heavy (non-hydrogen) atoms. The Morgan fingerprint density at radius 2 is 1.93 bits per heavy atom. The van der Waals surface area contributed by atoms with E-state index in [9.17, 15) is 10.1 Å². The van der Waals surface area contributed by atoms with Gasteiger partial charge in [-0.1, -0.05) is 36.4 Å². The van der Waals surface area contributed by atoms with Crippen LogP contribution in [0.25, 0.3) is 11.3 Å². The molecule has 7 nitrogen and oxygen atoms in total. The second-order valence-corrected chi connectivity index (χ2v) is 5.67. The molecule has 2 aromatic carbocycles. The van der Waals surface area contributed by atoms with Crippen molar-refractivity contribution in [3.05, 3.63) is 81.1 Å². The number of nitrogens with zero attached hydrogens (tertiary/aromatic N) is 4. The molecular weight excluding hydrogens is 340 g/mol. The number of H-pyrrole nitrogens is 1. The largest absolute Gasteiger partial charge is 0.290 e. The van der Waals surface area contributed by atoms with E-state index in [0.29, 0.717) is 11.1 Å². The lowest BCUT2D eigenvalue weighted by molar-refractivity contribution is 1.08. The molecule has 0 bridgehead atoms. The molecule has 0 radical (unpaired) electrons. The van der Waals surface area contributed by atoms with Crippen molar-refractivity contribution < 1.29 is 0 Å². The summed E-state index contributed by atoms with van der Waals surface area (Å²) < 4.78 is 0. The van der Waals surface area contributed by atoms with E-state index in [4.69, 9.17) is 5.26 Å². The van der Waals surface area contributed by atoms with Crippen LogP contribution in [0.1, 0.15) is 22.3 Å². The summed E-state index contributed by atoms with van der Waals surface area (Å²) in [4.78, 5) is 19.0. The fraction of sp³-hybridized carbons (Fsp3) is 0.0500. The first-order valence-corrected chi connectivity index (χ1v) is 8.02. The second kappa shape index (κ2) is 7.77. The van der Waals surface area contributed by atoms with Gasteiger partial charge in [0, 0.05) is 5.56 Å². The number of rotatable bonds is 4. The van der Waals surface area contributed by atoms with Crippen molar-refractivity contribution in [2.24, 2.45) is 5.10 Å². The van der Waals surface area contributed by atoms with Gasteiger partial charge in [-0.3, -0.25) is 9.78 Å². The highest BCUT2D eigenvalue weighted by atomic mass is 16.1. The van der Waals surface area contributed by atoms with E-state index < -0.39 is 5.56 Å². The van der Waals surface area contributed by atoms with Crippen LogP contribution in [0.15, 0.2) is 58.4 Å². The first-order chi connectivity index (χ1) is 13.1. The van der Waals surface area contributed by atoms with Crippen molar-refractivity contribution in [2.45, 2.75) is 6.92 Å². The quantitative estimate of drug-likeness (QED) is 0.552. The van der Waals surface area contributed by atoms with Crippen LogP contribution in [0.4, 0.5) is 5.95 Å². The molecule has 7 heteroatoms. The van der Waals surface area contributed by atoms with Gasteiger partial charge in [-0.2, -0.15) is 15.6 Å². The van der Waals surface area contributed by atoms with Crippen molar-refractivity contribution in [2.75, 3.05) is 5.43 Å². The van der Waals surface area contributed by atoms with Crippen LogP contribution in [0.2, 0.25) is 0 Å². The maximum absolute atomic E-state index is 12.2. The molecule has 3 aromatic rings. The van der Waals surface area contributed by atoms with Gasteiger partial charge in [0.2, 0.25) is 5.95 Å². The summed E-state index contributed by atoms with van der Waals surface area (Å²) in [5.41, 5.74) is 5.24. The van der Waals surface area contributed by atoms with Crippen LogP contribution >= 0.6 is 0 Å². The zero-order chi connectivity index (χ0) is 19.2. The molecule has 0 spiro atoms. The zero-order valence-corrected chi connectivity index (χ0v) is 14.4. The number of hydrogen-bond donors (Lipinski definition) is 2. The summed E-state index contributed by atoms with van der Waals surface area (Å²) in [6.45, 7) is 1.90. The highest BCUT2D eigenvalue weighted by Crippen LogP contribution is 2.19. The molecule has 0 unspecified atom stereocenters. The van der Waals surface area contributed by atoms with Crippen LogP contribution in [-0.4, -0.2) is 16.2 Å². The predicted molar refractivity (Wildman–Crippen MR) is 102 cm³/mol. The molecule has 0 aliphatic heterocycles. The van der Waals surface area contributed by atoms with Crippen LogP contribution in [0.3, 0.4) is 0 Å². The highest BCUT2D eigenvalue weighted by molar-refractivity contribution is 5.82. The van der Waals surface area contributed by atoms with Gasteiger partial charge >= 0.3 is 0 Å². The number of anilines is 1. The zero-order valence-electron chi connectivity index (χ0n) is 14.4. The number of aromatic amines is 1. The number of nitriles is 2. The normalized spacial score (nSPS) is 10.3. The number of hydrogen-bond acceptors (Lipinski definition) is 6. The Balaban J connectivity index is 1.93. The van der Waals surface area contributed by atoms with Crippen LogP contribution < -0.4 is 11.0 Å². The Morgan fingerprint density at radius 1 is 1.15 bits per heavy atom. The van der Waals surface area contributed by atoms with Crippen molar-refractivity contribution >= 4 is 12.2 Å². The van der Waals surface area contributed by atoms with Gasteiger partial charge in [-0.15, -0.1) is 0 Å². The summed E-state index contributed by atoms with van der Waals surface area (Å²) in [5.74, 6) is 0.114. The van der Waals surface area contributed by atoms with E-state index in [2.05, 4.69) is 26.6 Å². The van der Waals surface area contributed by atoms with E-state index in [1.54, 1.807) is 36.4 Å². The SMILES string of the molecule is Cc1ccc(C#N)cc1C=NNc1nc(-c2ccccc2)c(C#N)c(=O)[nH]1. The van der Waals surface area contributed by atoms with Crippen molar-refractivity contribution in [1.29, 1.82) is 10.5 Å². The molecule has 0 aliphatic rings. The first-order valence-electron chi connectivity index (χ1n) is 8.02. The lowest BCUT2D eigenvalue weighted by Crippen LogP contribution is -2.16. The summed E-state index contributed by atoms with van der Waals surface area (Å²) in [5, 5.41) is 22.3. The standard InChI is InChI=1S/C20H14N6O/c1-13-7-8-14(10-21)9-16(13)12-23-26-20-24-18(15-5-3-2-4-6-15)17(11-22)19(27)25-20/h2-9,12H,1H3,(H2,24,25,26,27).